The highest BCUT2D eigenvalue weighted by Gasteiger charge is 2.56. The normalized spacial score (nSPS) is 23.4. The highest BCUT2D eigenvalue weighted by Crippen LogP contribution is 2.58. The number of halogens is 2. The molecule has 5 rings (SSSR count). The standard InChI is InChI=1S/C20H26FN5O2.ClH/c1-10-16-13(18(27)26(23)19(28)25(16)12-3-4-12)7-15(21)17(10)24-8-14(11(2)22)20(9-24)5-6-20;/h7,11-12,14H,3-6,8-9,22-23H2,1-2H3;1H. The first-order valence-electron chi connectivity index (χ1n) is 10.0. The molecule has 2 heterocycles. The fourth-order valence-corrected chi connectivity index (χ4v) is 5.29. The second-order valence-corrected chi connectivity index (χ2v) is 9.00. The summed E-state index contributed by atoms with van der Waals surface area (Å²) < 4.78 is 17.4. The molecule has 3 fully saturated rings. The molecule has 1 aromatic carbocycles. The Bertz CT molecular complexity index is 1120. The summed E-state index contributed by atoms with van der Waals surface area (Å²) in [4.78, 5) is 27.3. The molecule has 0 radical (unpaired) electrons. The van der Waals surface area contributed by atoms with Crippen molar-refractivity contribution in [3.8, 4) is 0 Å². The van der Waals surface area contributed by atoms with Gasteiger partial charge in [-0.15, -0.1) is 12.4 Å². The van der Waals surface area contributed by atoms with Crippen molar-refractivity contribution in [1.29, 1.82) is 0 Å². The highest BCUT2D eigenvalue weighted by atomic mass is 35.5. The van der Waals surface area contributed by atoms with Crippen LogP contribution in [0, 0.1) is 24.1 Å². The van der Waals surface area contributed by atoms with Crippen molar-refractivity contribution in [2.45, 2.75) is 51.6 Å². The summed E-state index contributed by atoms with van der Waals surface area (Å²) in [6.45, 7) is 5.29. The zero-order valence-corrected chi connectivity index (χ0v) is 17.5. The van der Waals surface area contributed by atoms with Crippen LogP contribution in [-0.4, -0.2) is 28.4 Å². The summed E-state index contributed by atoms with van der Waals surface area (Å²) in [7, 11) is 0. The first-order chi connectivity index (χ1) is 13.2. The van der Waals surface area contributed by atoms with Gasteiger partial charge >= 0.3 is 5.69 Å². The Hall–Kier alpha value is -2.06. The molecule has 1 aromatic heterocycles. The van der Waals surface area contributed by atoms with Gasteiger partial charge in [-0.1, -0.05) is 0 Å². The van der Waals surface area contributed by atoms with Gasteiger partial charge in [-0.3, -0.25) is 9.36 Å². The number of nitrogen functional groups attached to an aromatic ring is 1. The third kappa shape index (κ3) is 2.79. The van der Waals surface area contributed by atoms with Crippen molar-refractivity contribution >= 4 is 29.0 Å². The molecule has 158 valence electrons. The Labute approximate surface area is 173 Å². The Morgan fingerprint density at radius 1 is 1.28 bits per heavy atom. The van der Waals surface area contributed by atoms with E-state index >= 15 is 4.39 Å². The SMILES string of the molecule is Cc1c(N2CC(C(C)N)C3(CC3)C2)c(F)cc2c(=O)n(N)c(=O)n(C3CC3)c12.Cl. The van der Waals surface area contributed by atoms with E-state index in [1.165, 1.54) is 6.07 Å². The number of fused-ring (bicyclic) bond motifs is 1. The van der Waals surface area contributed by atoms with E-state index in [0.717, 1.165) is 32.2 Å². The van der Waals surface area contributed by atoms with Crippen LogP contribution in [0.15, 0.2) is 15.7 Å². The van der Waals surface area contributed by atoms with Crippen LogP contribution in [0.3, 0.4) is 0 Å². The quantitative estimate of drug-likeness (QED) is 0.731. The number of rotatable bonds is 3. The largest absolute Gasteiger partial charge is 0.368 e. The zero-order chi connectivity index (χ0) is 20.0. The predicted octanol–water partition coefficient (Wildman–Crippen LogP) is 1.64. The Kier molecular flexibility index (Phi) is 4.51. The van der Waals surface area contributed by atoms with Crippen molar-refractivity contribution in [2.24, 2.45) is 17.1 Å². The van der Waals surface area contributed by atoms with E-state index in [1.54, 1.807) is 11.5 Å². The lowest BCUT2D eigenvalue weighted by atomic mass is 9.87. The molecule has 9 heteroatoms. The van der Waals surface area contributed by atoms with Crippen LogP contribution in [0.1, 0.15) is 44.2 Å². The summed E-state index contributed by atoms with van der Waals surface area (Å²) in [6, 6.07) is 1.32. The van der Waals surface area contributed by atoms with Gasteiger partial charge in [0.1, 0.15) is 5.82 Å². The molecule has 2 aromatic rings. The molecule has 1 saturated heterocycles. The van der Waals surface area contributed by atoms with Gasteiger partial charge in [-0.25, -0.2) is 9.18 Å². The Morgan fingerprint density at radius 2 is 1.93 bits per heavy atom. The van der Waals surface area contributed by atoms with E-state index in [9.17, 15) is 9.59 Å². The molecule has 4 N–H and O–H groups in total. The fourth-order valence-electron chi connectivity index (χ4n) is 5.29. The van der Waals surface area contributed by atoms with Crippen LogP contribution in [0.25, 0.3) is 10.9 Å². The average molecular weight is 424 g/mol. The summed E-state index contributed by atoms with van der Waals surface area (Å²) >= 11 is 0. The second-order valence-electron chi connectivity index (χ2n) is 9.00. The maximum Gasteiger partial charge on any atom is 0.350 e. The van der Waals surface area contributed by atoms with Gasteiger partial charge < -0.3 is 16.5 Å². The van der Waals surface area contributed by atoms with E-state index in [1.807, 2.05) is 6.92 Å². The van der Waals surface area contributed by atoms with Crippen LogP contribution < -0.4 is 27.7 Å². The molecule has 1 spiro atoms. The lowest BCUT2D eigenvalue weighted by Gasteiger charge is -2.24. The number of nitrogens with two attached hydrogens (primary N) is 2. The zero-order valence-electron chi connectivity index (χ0n) is 16.7. The van der Waals surface area contributed by atoms with Gasteiger partial charge in [0.2, 0.25) is 0 Å². The molecular weight excluding hydrogens is 397 g/mol. The number of nitrogens with zero attached hydrogens (tertiary/aromatic N) is 3. The number of aryl methyl sites for hydroxylation is 1. The maximum absolute atomic E-state index is 15.2. The van der Waals surface area contributed by atoms with E-state index in [0.29, 0.717) is 33.9 Å². The van der Waals surface area contributed by atoms with Crippen molar-refractivity contribution in [3.05, 3.63) is 38.3 Å². The molecular formula is C20H27ClFN5O2. The minimum atomic E-state index is -0.654. The molecule has 2 atom stereocenters. The van der Waals surface area contributed by atoms with E-state index < -0.39 is 17.1 Å². The van der Waals surface area contributed by atoms with E-state index in [4.69, 9.17) is 11.6 Å². The number of hydrogen-bond donors (Lipinski definition) is 2. The molecule has 7 nitrogen and oxygen atoms in total. The molecule has 29 heavy (non-hydrogen) atoms. The van der Waals surface area contributed by atoms with Crippen LogP contribution in [0.4, 0.5) is 10.1 Å². The summed E-state index contributed by atoms with van der Waals surface area (Å²) in [5.41, 5.74) is 6.86. The first kappa shape index (κ1) is 20.2. The van der Waals surface area contributed by atoms with Crippen LogP contribution in [-0.2, 0) is 0 Å². The molecule has 2 saturated carbocycles. The molecule has 0 bridgehead atoms. The number of anilines is 1. The minimum absolute atomic E-state index is 0. The molecule has 2 unspecified atom stereocenters. The Balaban J connectivity index is 0.00000205. The number of hydrogen-bond acceptors (Lipinski definition) is 5. The highest BCUT2D eigenvalue weighted by molar-refractivity contribution is 5.87. The van der Waals surface area contributed by atoms with Gasteiger partial charge in [0.05, 0.1) is 16.6 Å². The van der Waals surface area contributed by atoms with E-state index in [-0.39, 0.29) is 35.3 Å². The number of benzene rings is 1. The lowest BCUT2D eigenvalue weighted by Crippen LogP contribution is -2.44. The maximum atomic E-state index is 15.2. The molecule has 2 aliphatic carbocycles. The Morgan fingerprint density at radius 3 is 2.45 bits per heavy atom. The van der Waals surface area contributed by atoms with Gasteiger partial charge in [-0.05, 0) is 56.9 Å². The third-order valence-corrected chi connectivity index (χ3v) is 7.03. The lowest BCUT2D eigenvalue weighted by molar-refractivity contribution is 0.345. The smallest absolute Gasteiger partial charge is 0.350 e. The third-order valence-electron chi connectivity index (χ3n) is 7.03. The molecule has 1 aliphatic heterocycles. The van der Waals surface area contributed by atoms with Crippen LogP contribution in [0.5, 0.6) is 0 Å². The van der Waals surface area contributed by atoms with Crippen LogP contribution >= 0.6 is 12.4 Å². The topological polar surface area (TPSA) is 99.3 Å². The monoisotopic (exact) mass is 423 g/mol. The number of aromatic nitrogens is 2. The summed E-state index contributed by atoms with van der Waals surface area (Å²) in [6.07, 6.45) is 3.96. The predicted molar refractivity (Wildman–Crippen MR) is 114 cm³/mol. The first-order valence-corrected chi connectivity index (χ1v) is 10.0. The van der Waals surface area contributed by atoms with Gasteiger partial charge in [0.15, 0.2) is 0 Å². The fraction of sp³-hybridized carbons (Fsp3) is 0.600. The van der Waals surface area contributed by atoms with Crippen LogP contribution in [0.2, 0.25) is 0 Å². The van der Waals surface area contributed by atoms with Crippen molar-refractivity contribution in [2.75, 3.05) is 23.8 Å². The summed E-state index contributed by atoms with van der Waals surface area (Å²) in [5.74, 6) is 5.58. The average Bonchev–Trinajstić information content (AvgIpc) is 3.54. The second kappa shape index (κ2) is 6.47. The van der Waals surface area contributed by atoms with Gasteiger partial charge in [0, 0.05) is 30.7 Å². The van der Waals surface area contributed by atoms with Crippen molar-refractivity contribution in [3.63, 3.8) is 0 Å². The van der Waals surface area contributed by atoms with Gasteiger partial charge in [-0.2, -0.15) is 4.68 Å². The molecule has 3 aliphatic rings. The summed E-state index contributed by atoms with van der Waals surface area (Å²) in [5, 5.41) is 0.164. The van der Waals surface area contributed by atoms with Gasteiger partial charge in [0.25, 0.3) is 5.56 Å². The van der Waals surface area contributed by atoms with E-state index in [2.05, 4.69) is 4.90 Å². The van der Waals surface area contributed by atoms with Crippen molar-refractivity contribution < 1.29 is 4.39 Å². The van der Waals surface area contributed by atoms with Crippen molar-refractivity contribution in [1.82, 2.24) is 9.24 Å². The molecule has 0 amide bonds. The minimum Gasteiger partial charge on any atom is -0.368 e.